The molecule has 2 saturated heterocycles. The smallest absolute Gasteiger partial charge is 0.225 e. The number of rotatable bonds is 5. The topological polar surface area (TPSA) is 61.4 Å². The van der Waals surface area contributed by atoms with E-state index in [0.717, 1.165) is 12.1 Å². The molecular weight excluding hydrogens is 314 g/mol. The van der Waals surface area contributed by atoms with E-state index in [4.69, 9.17) is 0 Å². The van der Waals surface area contributed by atoms with Crippen molar-refractivity contribution in [2.45, 2.75) is 51.6 Å². The van der Waals surface area contributed by atoms with Crippen LogP contribution in [0.2, 0.25) is 0 Å². The lowest BCUT2D eigenvalue weighted by molar-refractivity contribution is -0.129. The maximum Gasteiger partial charge on any atom is 0.225 e. The minimum absolute atomic E-state index is 0.0397. The molecule has 136 valence electrons. The molecule has 0 bridgehead atoms. The second kappa shape index (κ2) is 8.99. The molecule has 2 aliphatic rings. The van der Waals surface area contributed by atoms with Crippen molar-refractivity contribution >= 4 is 11.8 Å². The van der Waals surface area contributed by atoms with Crippen molar-refractivity contribution in [2.75, 3.05) is 19.6 Å². The lowest BCUT2D eigenvalue weighted by Crippen LogP contribution is -2.42. The highest BCUT2D eigenvalue weighted by molar-refractivity contribution is 5.83. The highest BCUT2D eigenvalue weighted by Crippen LogP contribution is 2.15. The summed E-state index contributed by atoms with van der Waals surface area (Å²) in [6.07, 6.45) is 6.39. The molecule has 0 radical (unpaired) electrons. The zero-order valence-corrected chi connectivity index (χ0v) is 14.9. The predicted octanol–water partition coefficient (Wildman–Crippen LogP) is 2.21. The van der Waals surface area contributed by atoms with Crippen molar-refractivity contribution in [3.63, 3.8) is 0 Å². The molecule has 25 heavy (non-hydrogen) atoms. The van der Waals surface area contributed by atoms with Crippen molar-refractivity contribution in [1.29, 1.82) is 0 Å². The van der Waals surface area contributed by atoms with Crippen LogP contribution < -0.4 is 10.6 Å². The van der Waals surface area contributed by atoms with Gasteiger partial charge in [-0.3, -0.25) is 14.5 Å². The Labute approximate surface area is 150 Å². The van der Waals surface area contributed by atoms with Crippen LogP contribution in [0.4, 0.5) is 0 Å². The van der Waals surface area contributed by atoms with E-state index < -0.39 is 0 Å². The molecule has 1 aromatic carbocycles. The highest BCUT2D eigenvalue weighted by atomic mass is 16.2. The van der Waals surface area contributed by atoms with Gasteiger partial charge >= 0.3 is 0 Å². The summed E-state index contributed by atoms with van der Waals surface area (Å²) in [6, 6.07) is 8.52. The fraction of sp³-hybridized carbons (Fsp3) is 0.600. The van der Waals surface area contributed by atoms with Gasteiger partial charge in [-0.05, 0) is 43.5 Å². The third kappa shape index (κ3) is 5.56. The number of nitrogens with one attached hydrogen (secondary N) is 2. The van der Waals surface area contributed by atoms with Crippen LogP contribution in [0, 0.1) is 5.92 Å². The lowest BCUT2D eigenvalue weighted by atomic mass is 9.98. The maximum atomic E-state index is 12.2. The van der Waals surface area contributed by atoms with Crippen molar-refractivity contribution in [1.82, 2.24) is 15.5 Å². The van der Waals surface area contributed by atoms with Crippen molar-refractivity contribution in [3.8, 4) is 0 Å². The van der Waals surface area contributed by atoms with E-state index in [-0.39, 0.29) is 17.7 Å². The Kier molecular flexibility index (Phi) is 6.45. The first-order valence-corrected chi connectivity index (χ1v) is 9.55. The number of carbonyl (C=O) groups is 2. The molecular formula is C20H29N3O2. The monoisotopic (exact) mass is 343 g/mol. The molecule has 1 atom stereocenters. The van der Waals surface area contributed by atoms with Crippen LogP contribution in [0.25, 0.3) is 0 Å². The number of likely N-dealkylation sites (tertiary alicyclic amines) is 1. The van der Waals surface area contributed by atoms with Crippen LogP contribution in [0.5, 0.6) is 0 Å². The predicted molar refractivity (Wildman–Crippen MR) is 97.8 cm³/mol. The molecule has 2 N–H and O–H groups in total. The Bertz CT molecular complexity index is 584. The van der Waals surface area contributed by atoms with Crippen LogP contribution in [0.3, 0.4) is 0 Å². The first-order valence-electron chi connectivity index (χ1n) is 9.55. The summed E-state index contributed by atoms with van der Waals surface area (Å²) in [5.74, 6) is -0.0128. The summed E-state index contributed by atoms with van der Waals surface area (Å²) in [7, 11) is 0. The number of benzene rings is 1. The first kappa shape index (κ1) is 17.9. The van der Waals surface area contributed by atoms with Gasteiger partial charge in [-0.1, -0.05) is 37.1 Å². The summed E-state index contributed by atoms with van der Waals surface area (Å²) >= 11 is 0. The molecule has 5 heteroatoms. The minimum atomic E-state index is -0.0991. The Balaban J connectivity index is 1.49. The minimum Gasteiger partial charge on any atom is -0.355 e. The maximum absolute atomic E-state index is 12.2. The van der Waals surface area contributed by atoms with E-state index in [0.29, 0.717) is 25.9 Å². The van der Waals surface area contributed by atoms with Gasteiger partial charge in [-0.25, -0.2) is 0 Å². The van der Waals surface area contributed by atoms with Gasteiger partial charge in [0.05, 0.1) is 5.92 Å². The van der Waals surface area contributed by atoms with Crippen molar-refractivity contribution in [2.24, 2.45) is 5.92 Å². The number of nitrogens with zero attached hydrogens (tertiary/aromatic N) is 1. The van der Waals surface area contributed by atoms with Crippen LogP contribution >= 0.6 is 0 Å². The van der Waals surface area contributed by atoms with Crippen LogP contribution in [0.15, 0.2) is 24.3 Å². The Morgan fingerprint density at radius 1 is 1.16 bits per heavy atom. The number of hydrogen-bond acceptors (Lipinski definition) is 3. The summed E-state index contributed by atoms with van der Waals surface area (Å²) < 4.78 is 0. The standard InChI is InChI=1S/C20H29N3O2/c24-19-9-8-18(14-21-19)20(25)22-13-16-6-5-7-17(12-16)15-23-10-3-1-2-4-11-23/h5-7,12,18H,1-4,8-11,13-15H2,(H,21,24)(H,22,25)/t18-/m1/s1. The van der Waals surface area contributed by atoms with Gasteiger partial charge in [-0.15, -0.1) is 0 Å². The molecule has 2 heterocycles. The zero-order chi connectivity index (χ0) is 17.5. The van der Waals surface area contributed by atoms with E-state index >= 15 is 0 Å². The third-order valence-corrected chi connectivity index (χ3v) is 5.20. The van der Waals surface area contributed by atoms with Crippen LogP contribution in [-0.4, -0.2) is 36.3 Å². The van der Waals surface area contributed by atoms with E-state index in [2.05, 4.69) is 39.8 Å². The number of hydrogen-bond donors (Lipinski definition) is 2. The lowest BCUT2D eigenvalue weighted by Gasteiger charge is -2.22. The van der Waals surface area contributed by atoms with Gasteiger partial charge in [0, 0.05) is 26.1 Å². The summed E-state index contributed by atoms with van der Waals surface area (Å²) in [5, 5.41) is 5.79. The molecule has 0 aromatic heterocycles. The first-order chi connectivity index (χ1) is 12.2. The van der Waals surface area contributed by atoms with E-state index in [1.54, 1.807) is 0 Å². The SMILES string of the molecule is O=C1CC[C@@H](C(=O)NCc2cccc(CN3CCCCCC3)c2)CN1. The zero-order valence-electron chi connectivity index (χ0n) is 14.9. The molecule has 5 nitrogen and oxygen atoms in total. The van der Waals surface area contributed by atoms with Gasteiger partial charge < -0.3 is 10.6 Å². The number of carbonyl (C=O) groups excluding carboxylic acids is 2. The fourth-order valence-electron chi connectivity index (χ4n) is 3.68. The van der Waals surface area contributed by atoms with Crippen LogP contribution in [0.1, 0.15) is 49.7 Å². The molecule has 0 unspecified atom stereocenters. The molecule has 0 aliphatic carbocycles. The summed E-state index contributed by atoms with van der Waals surface area (Å²) in [5.41, 5.74) is 2.46. The second-order valence-corrected chi connectivity index (χ2v) is 7.27. The van der Waals surface area contributed by atoms with E-state index in [1.807, 2.05) is 0 Å². The number of piperidine rings is 1. The fourth-order valence-corrected chi connectivity index (χ4v) is 3.68. The normalized spacial score (nSPS) is 22.1. The average Bonchev–Trinajstić information content (AvgIpc) is 2.89. The molecule has 0 saturated carbocycles. The average molecular weight is 343 g/mol. The quantitative estimate of drug-likeness (QED) is 0.862. The Morgan fingerprint density at radius 3 is 2.64 bits per heavy atom. The number of amides is 2. The second-order valence-electron chi connectivity index (χ2n) is 7.27. The molecule has 2 fully saturated rings. The molecule has 2 aliphatic heterocycles. The highest BCUT2D eigenvalue weighted by Gasteiger charge is 2.24. The van der Waals surface area contributed by atoms with Gasteiger partial charge in [-0.2, -0.15) is 0 Å². The third-order valence-electron chi connectivity index (χ3n) is 5.20. The van der Waals surface area contributed by atoms with Crippen LogP contribution in [-0.2, 0) is 22.7 Å². The molecule has 1 aromatic rings. The van der Waals surface area contributed by atoms with Gasteiger partial charge in [0.1, 0.15) is 0 Å². The van der Waals surface area contributed by atoms with Gasteiger partial charge in [0.15, 0.2) is 0 Å². The van der Waals surface area contributed by atoms with Crippen molar-refractivity contribution < 1.29 is 9.59 Å². The molecule has 0 spiro atoms. The van der Waals surface area contributed by atoms with Gasteiger partial charge in [0.25, 0.3) is 0 Å². The van der Waals surface area contributed by atoms with Crippen molar-refractivity contribution in [3.05, 3.63) is 35.4 Å². The van der Waals surface area contributed by atoms with E-state index in [1.165, 1.54) is 44.3 Å². The van der Waals surface area contributed by atoms with E-state index in [9.17, 15) is 9.59 Å². The Hall–Kier alpha value is -1.88. The summed E-state index contributed by atoms with van der Waals surface area (Å²) in [6.45, 7) is 4.38. The van der Waals surface area contributed by atoms with Gasteiger partial charge in [0.2, 0.25) is 11.8 Å². The summed E-state index contributed by atoms with van der Waals surface area (Å²) in [4.78, 5) is 26.0. The molecule has 2 amide bonds. The Morgan fingerprint density at radius 2 is 1.92 bits per heavy atom. The molecule has 3 rings (SSSR count). The largest absolute Gasteiger partial charge is 0.355 e.